The Balaban J connectivity index is 2.54. The molecule has 2 atom stereocenters. The van der Waals surface area contributed by atoms with Crippen molar-refractivity contribution in [1.29, 1.82) is 0 Å². The Hall–Kier alpha value is -1.55. The van der Waals surface area contributed by atoms with Gasteiger partial charge in [0.25, 0.3) is 0 Å². The molecule has 0 aliphatic heterocycles. The molecule has 0 spiro atoms. The van der Waals surface area contributed by atoms with Gasteiger partial charge < -0.3 is 16.2 Å². The topological polar surface area (TPSA) is 78.3 Å². The molecule has 1 aromatic carbocycles. The Morgan fingerprint density at radius 2 is 1.95 bits per heavy atom. The van der Waals surface area contributed by atoms with Crippen molar-refractivity contribution in [3.8, 4) is 5.75 Å². The van der Waals surface area contributed by atoms with Crippen molar-refractivity contribution in [2.24, 2.45) is 11.5 Å². The largest absolute Gasteiger partial charge is 0.491 e. The zero-order valence-corrected chi connectivity index (χ0v) is 12.7. The maximum atomic E-state index is 11.2. The van der Waals surface area contributed by atoms with Crippen LogP contribution >= 0.6 is 0 Å². The predicted octanol–water partition coefficient (Wildman–Crippen LogP) is 2.39. The van der Waals surface area contributed by atoms with Gasteiger partial charge in [-0.3, -0.25) is 4.79 Å². The van der Waals surface area contributed by atoms with E-state index in [1.54, 1.807) is 6.92 Å². The lowest BCUT2D eigenvalue weighted by atomic mass is 9.95. The fourth-order valence-corrected chi connectivity index (χ4v) is 2.09. The van der Waals surface area contributed by atoms with Crippen LogP contribution in [-0.2, 0) is 11.2 Å². The quantitative estimate of drug-likeness (QED) is 0.766. The summed E-state index contributed by atoms with van der Waals surface area (Å²) < 4.78 is 5.77. The fourth-order valence-electron chi connectivity index (χ4n) is 2.09. The molecule has 0 bridgehead atoms. The lowest BCUT2D eigenvalue weighted by Crippen LogP contribution is -2.51. The first kappa shape index (κ1) is 16.5. The van der Waals surface area contributed by atoms with Gasteiger partial charge in [-0.05, 0) is 44.4 Å². The molecule has 0 aromatic heterocycles. The number of hydrogen-bond acceptors (Lipinski definition) is 3. The SMILES string of the molecule is CCCCc1ccc(OC(C)CC(C)(N)C(N)=O)cc1. The van der Waals surface area contributed by atoms with Gasteiger partial charge in [-0.15, -0.1) is 0 Å². The van der Waals surface area contributed by atoms with Gasteiger partial charge in [-0.25, -0.2) is 0 Å². The molecule has 20 heavy (non-hydrogen) atoms. The van der Waals surface area contributed by atoms with Crippen LogP contribution in [0, 0.1) is 0 Å². The van der Waals surface area contributed by atoms with Gasteiger partial charge in [0.2, 0.25) is 5.91 Å². The highest BCUT2D eigenvalue weighted by atomic mass is 16.5. The minimum atomic E-state index is -1.04. The van der Waals surface area contributed by atoms with Crippen molar-refractivity contribution >= 4 is 5.91 Å². The molecule has 0 fully saturated rings. The average molecular weight is 278 g/mol. The van der Waals surface area contributed by atoms with Gasteiger partial charge in [-0.2, -0.15) is 0 Å². The van der Waals surface area contributed by atoms with E-state index in [1.807, 2.05) is 19.1 Å². The van der Waals surface area contributed by atoms with Gasteiger partial charge in [0.05, 0.1) is 11.6 Å². The molecular weight excluding hydrogens is 252 g/mol. The number of nitrogens with two attached hydrogens (primary N) is 2. The highest BCUT2D eigenvalue weighted by Gasteiger charge is 2.28. The monoisotopic (exact) mass is 278 g/mol. The first-order valence-corrected chi connectivity index (χ1v) is 7.19. The first-order valence-electron chi connectivity index (χ1n) is 7.19. The van der Waals surface area contributed by atoms with Crippen molar-refractivity contribution in [3.05, 3.63) is 29.8 Å². The summed E-state index contributed by atoms with van der Waals surface area (Å²) in [5.74, 6) is 0.279. The molecule has 4 nitrogen and oxygen atoms in total. The molecule has 0 aliphatic carbocycles. The van der Waals surface area contributed by atoms with Crippen LogP contribution in [0.3, 0.4) is 0 Å². The minimum absolute atomic E-state index is 0.168. The summed E-state index contributed by atoms with van der Waals surface area (Å²) >= 11 is 0. The second kappa shape index (κ2) is 7.29. The van der Waals surface area contributed by atoms with Crippen molar-refractivity contribution in [2.75, 3.05) is 0 Å². The zero-order valence-electron chi connectivity index (χ0n) is 12.7. The van der Waals surface area contributed by atoms with E-state index < -0.39 is 11.4 Å². The first-order chi connectivity index (χ1) is 9.35. The Kier molecular flexibility index (Phi) is 6.02. The van der Waals surface area contributed by atoms with E-state index in [9.17, 15) is 4.79 Å². The van der Waals surface area contributed by atoms with Crippen LogP contribution in [0.4, 0.5) is 0 Å². The van der Waals surface area contributed by atoms with E-state index in [0.29, 0.717) is 6.42 Å². The number of amides is 1. The summed E-state index contributed by atoms with van der Waals surface area (Å²) in [7, 11) is 0. The molecule has 1 rings (SSSR count). The van der Waals surface area contributed by atoms with E-state index in [2.05, 4.69) is 19.1 Å². The zero-order chi connectivity index (χ0) is 15.2. The highest BCUT2D eigenvalue weighted by molar-refractivity contribution is 5.83. The summed E-state index contributed by atoms with van der Waals surface area (Å²) in [5.41, 5.74) is 11.4. The molecule has 0 saturated heterocycles. The van der Waals surface area contributed by atoms with Crippen LogP contribution in [0.15, 0.2) is 24.3 Å². The fraction of sp³-hybridized carbons (Fsp3) is 0.562. The normalized spacial score (nSPS) is 15.4. The highest BCUT2D eigenvalue weighted by Crippen LogP contribution is 2.18. The number of benzene rings is 1. The van der Waals surface area contributed by atoms with Gasteiger partial charge in [0.1, 0.15) is 5.75 Å². The smallest absolute Gasteiger partial charge is 0.237 e. The summed E-state index contributed by atoms with van der Waals surface area (Å²) in [4.78, 5) is 11.2. The number of hydrogen-bond donors (Lipinski definition) is 2. The van der Waals surface area contributed by atoms with Crippen molar-refractivity contribution < 1.29 is 9.53 Å². The number of ether oxygens (including phenoxy) is 1. The van der Waals surface area contributed by atoms with E-state index in [0.717, 1.165) is 12.2 Å². The third-order valence-electron chi connectivity index (χ3n) is 3.35. The maximum Gasteiger partial charge on any atom is 0.237 e. The van der Waals surface area contributed by atoms with Crippen molar-refractivity contribution in [1.82, 2.24) is 0 Å². The Labute approximate surface area is 121 Å². The second-order valence-electron chi connectivity index (χ2n) is 5.66. The Bertz CT molecular complexity index is 427. The number of rotatable bonds is 8. The summed E-state index contributed by atoms with van der Waals surface area (Å²) in [5, 5.41) is 0. The van der Waals surface area contributed by atoms with Crippen LogP contribution in [0.2, 0.25) is 0 Å². The molecule has 112 valence electrons. The number of unbranched alkanes of at least 4 members (excludes halogenated alkanes) is 1. The number of aryl methyl sites for hydroxylation is 1. The van der Waals surface area contributed by atoms with Gasteiger partial charge >= 0.3 is 0 Å². The molecule has 0 saturated carbocycles. The number of carbonyl (C=O) groups is 1. The standard InChI is InChI=1S/C16H26N2O2/c1-4-5-6-13-7-9-14(10-8-13)20-12(2)11-16(3,18)15(17)19/h7-10,12H,4-6,11,18H2,1-3H3,(H2,17,19). The maximum absolute atomic E-state index is 11.2. The second-order valence-corrected chi connectivity index (χ2v) is 5.66. The van der Waals surface area contributed by atoms with Crippen LogP contribution in [-0.4, -0.2) is 17.6 Å². The van der Waals surface area contributed by atoms with Crippen LogP contribution in [0.5, 0.6) is 5.75 Å². The summed E-state index contributed by atoms with van der Waals surface area (Å²) in [6, 6.07) is 8.07. The third kappa shape index (κ3) is 5.21. The molecule has 4 heteroatoms. The Morgan fingerprint density at radius 1 is 1.35 bits per heavy atom. The molecule has 0 radical (unpaired) electrons. The van der Waals surface area contributed by atoms with Crippen molar-refractivity contribution in [2.45, 2.75) is 58.1 Å². The molecule has 2 unspecified atom stereocenters. The average Bonchev–Trinajstić information content (AvgIpc) is 2.37. The van der Waals surface area contributed by atoms with Crippen LogP contribution in [0.25, 0.3) is 0 Å². The lowest BCUT2D eigenvalue weighted by Gasteiger charge is -2.25. The molecule has 1 amide bonds. The van der Waals surface area contributed by atoms with Crippen molar-refractivity contribution in [3.63, 3.8) is 0 Å². The summed E-state index contributed by atoms with van der Waals surface area (Å²) in [6.45, 7) is 5.70. The third-order valence-corrected chi connectivity index (χ3v) is 3.35. The molecule has 0 heterocycles. The van der Waals surface area contributed by atoms with Crippen LogP contribution < -0.4 is 16.2 Å². The van der Waals surface area contributed by atoms with Crippen LogP contribution in [0.1, 0.15) is 45.6 Å². The predicted molar refractivity (Wildman–Crippen MR) is 81.5 cm³/mol. The molecule has 0 aliphatic rings. The van der Waals surface area contributed by atoms with E-state index >= 15 is 0 Å². The number of primary amides is 1. The number of carbonyl (C=O) groups excluding carboxylic acids is 1. The van der Waals surface area contributed by atoms with E-state index in [4.69, 9.17) is 16.2 Å². The van der Waals surface area contributed by atoms with Gasteiger partial charge in [-0.1, -0.05) is 25.5 Å². The lowest BCUT2D eigenvalue weighted by molar-refractivity contribution is -0.123. The van der Waals surface area contributed by atoms with E-state index in [-0.39, 0.29) is 6.10 Å². The van der Waals surface area contributed by atoms with Gasteiger partial charge in [0, 0.05) is 6.42 Å². The van der Waals surface area contributed by atoms with Gasteiger partial charge in [0.15, 0.2) is 0 Å². The molecular formula is C16H26N2O2. The summed E-state index contributed by atoms with van der Waals surface area (Å²) in [6.07, 6.45) is 3.70. The van der Waals surface area contributed by atoms with E-state index in [1.165, 1.54) is 18.4 Å². The minimum Gasteiger partial charge on any atom is -0.491 e. The molecule has 1 aromatic rings. The molecule has 4 N–H and O–H groups in total. The Morgan fingerprint density at radius 3 is 2.45 bits per heavy atom.